The molecule has 0 saturated carbocycles. The molecule has 30 heteroatoms. The number of hydrogen-bond donors (Lipinski definition) is 12. The maximum absolute atomic E-state index is 13.0. The Balaban J connectivity index is 2.14. The minimum atomic E-state index is -1.42. The maximum Gasteiger partial charge on any atom is 0.326 e. The van der Waals surface area contributed by atoms with E-state index in [0.29, 0.717) is 6.42 Å². The van der Waals surface area contributed by atoms with E-state index < -0.39 is 102 Å². The van der Waals surface area contributed by atoms with Crippen LogP contribution in [-0.2, 0) is 76.5 Å². The molecule has 1 aliphatic heterocycles. The van der Waals surface area contributed by atoms with Crippen LogP contribution in [0.25, 0.3) is 0 Å². The molecule has 13 N–H and O–H groups in total. The lowest BCUT2D eigenvalue weighted by molar-refractivity contribution is -0.143. The van der Waals surface area contributed by atoms with Crippen molar-refractivity contribution >= 4 is 92.5 Å². The first-order valence-corrected chi connectivity index (χ1v) is 30.9. The molecule has 83 heavy (non-hydrogen) atoms. The zero-order chi connectivity index (χ0) is 61.5. The number of amides is 6. The number of carbonyl (C=O) groups is 12. The fourth-order valence-electron chi connectivity index (χ4n) is 7.96. The van der Waals surface area contributed by atoms with Crippen LogP contribution >= 0.6 is 21.6 Å². The van der Waals surface area contributed by atoms with Gasteiger partial charge in [0.1, 0.15) is 31.3 Å². The highest BCUT2D eigenvalue weighted by molar-refractivity contribution is 8.76. The number of nitrogens with two attached hydrogens (primary N) is 1. The molecule has 5 atom stereocenters. The van der Waals surface area contributed by atoms with Crippen LogP contribution in [-0.4, -0.2) is 212 Å². The summed E-state index contributed by atoms with van der Waals surface area (Å²) < 4.78 is 21.4. The molecular formula is C53H90N8O20S2. The molecule has 1 saturated heterocycles. The standard InChI is InChI=1S/C53H90N8O20S2/c54-44(64)20-17-37(42(62)31-57-40-35-82-83-36-41(53(76)77)58-32-43(40)63)59-49(69)34-81-30-28-79-26-24-56-48(68)33-80-29-27-78-25-23-55-45(65)21-18-38(51(72)73)61-47(67)22-19-39(52(74)75)60-46(66)15-13-11-9-7-5-3-1-2-4-6-8-10-12-14-16-50(70)71/h37-41,57-58H,1-36H2,(H2,54,64)(H,55,65)(H,56,68)(H,59,69)(H,60,66)(H,61,67)(H,70,71)(H,72,73)(H,74,75)(H,76,77)/t37-,38-,39-,40-,41-/m0/s1. The molecule has 28 nitrogen and oxygen atoms in total. The number of primary amides is 1. The van der Waals surface area contributed by atoms with Crippen LogP contribution in [0.2, 0.25) is 0 Å². The second-order valence-electron chi connectivity index (χ2n) is 19.7. The Morgan fingerprint density at radius 3 is 1.45 bits per heavy atom. The molecule has 1 aliphatic rings. The average Bonchev–Trinajstić information content (AvgIpc) is 3.52. The van der Waals surface area contributed by atoms with Crippen LogP contribution in [0.5, 0.6) is 0 Å². The fraction of sp³-hybridized carbons (Fsp3) is 0.774. The molecule has 0 unspecified atom stereocenters. The summed E-state index contributed by atoms with van der Waals surface area (Å²) in [6.07, 6.45) is 13.3. The first-order valence-electron chi connectivity index (χ1n) is 28.5. The van der Waals surface area contributed by atoms with E-state index in [1.165, 1.54) is 47.3 Å². The maximum atomic E-state index is 13.0. The second-order valence-corrected chi connectivity index (χ2v) is 22.3. The number of ketones is 2. The van der Waals surface area contributed by atoms with E-state index in [9.17, 15) is 72.9 Å². The zero-order valence-electron chi connectivity index (χ0n) is 47.6. The van der Waals surface area contributed by atoms with Crippen molar-refractivity contribution in [3.63, 3.8) is 0 Å². The normalized spacial score (nSPS) is 15.5. The van der Waals surface area contributed by atoms with Crippen LogP contribution in [0.4, 0.5) is 0 Å². The van der Waals surface area contributed by atoms with Crippen molar-refractivity contribution < 1.29 is 96.9 Å². The van der Waals surface area contributed by atoms with Gasteiger partial charge in [-0.15, -0.1) is 0 Å². The van der Waals surface area contributed by atoms with Gasteiger partial charge in [0.15, 0.2) is 11.6 Å². The van der Waals surface area contributed by atoms with Gasteiger partial charge in [0.2, 0.25) is 35.4 Å². The van der Waals surface area contributed by atoms with E-state index in [-0.39, 0.29) is 141 Å². The lowest BCUT2D eigenvalue weighted by atomic mass is 10.0. The Labute approximate surface area is 492 Å². The molecule has 0 aromatic rings. The number of unbranched alkanes of at least 4 members (excludes halogenated alkanes) is 13. The largest absolute Gasteiger partial charge is 0.481 e. The number of Topliss-reactive ketones (excluding diaryl/α,β-unsaturated/α-hetero) is 2. The highest BCUT2D eigenvalue weighted by atomic mass is 33.1. The van der Waals surface area contributed by atoms with Gasteiger partial charge in [-0.25, -0.2) is 9.59 Å². The van der Waals surface area contributed by atoms with Crippen LogP contribution < -0.4 is 43.0 Å². The third kappa shape index (κ3) is 42.9. The van der Waals surface area contributed by atoms with Crippen molar-refractivity contribution in [3.8, 4) is 0 Å². The summed E-state index contributed by atoms with van der Waals surface area (Å²) in [4.78, 5) is 145. The number of hydrogen-bond acceptors (Lipinski definition) is 20. The zero-order valence-corrected chi connectivity index (χ0v) is 49.2. The summed E-state index contributed by atoms with van der Waals surface area (Å²) in [5, 5.41) is 55.2. The van der Waals surface area contributed by atoms with Crippen molar-refractivity contribution in [3.05, 3.63) is 0 Å². The summed E-state index contributed by atoms with van der Waals surface area (Å²) in [6, 6.07) is -5.54. The molecule has 6 amide bonds. The third-order valence-electron chi connectivity index (χ3n) is 12.7. The van der Waals surface area contributed by atoms with Gasteiger partial charge in [0.25, 0.3) is 0 Å². The van der Waals surface area contributed by atoms with Gasteiger partial charge in [0.05, 0.1) is 64.8 Å². The molecular weight excluding hydrogens is 1130 g/mol. The first-order chi connectivity index (χ1) is 39.8. The number of ether oxygens (including phenoxy) is 4. The van der Waals surface area contributed by atoms with E-state index in [2.05, 4.69) is 37.2 Å². The second kappa shape index (κ2) is 48.8. The van der Waals surface area contributed by atoms with Gasteiger partial charge in [-0.1, -0.05) is 98.6 Å². The molecule has 1 rings (SSSR count). The molecule has 0 radical (unpaired) electrons. The predicted octanol–water partition coefficient (Wildman–Crippen LogP) is 0.595. The predicted molar refractivity (Wildman–Crippen MR) is 305 cm³/mol. The number of rotatable bonds is 52. The summed E-state index contributed by atoms with van der Waals surface area (Å²) in [6.45, 7) is -0.621. The third-order valence-corrected chi connectivity index (χ3v) is 15.1. The average molecular weight is 1220 g/mol. The smallest absolute Gasteiger partial charge is 0.326 e. The molecule has 0 bridgehead atoms. The molecule has 0 spiro atoms. The lowest BCUT2D eigenvalue weighted by Crippen LogP contribution is -2.51. The Morgan fingerprint density at radius 1 is 0.506 bits per heavy atom. The number of aliphatic carboxylic acids is 4. The Hall–Kier alpha value is -5.50. The van der Waals surface area contributed by atoms with E-state index in [0.717, 1.165) is 57.8 Å². The van der Waals surface area contributed by atoms with E-state index >= 15 is 0 Å². The Morgan fingerprint density at radius 2 is 0.940 bits per heavy atom. The highest BCUT2D eigenvalue weighted by Crippen LogP contribution is 2.24. The molecule has 0 aliphatic carbocycles. The number of carbonyl (C=O) groups excluding carboxylic acids is 8. The summed E-state index contributed by atoms with van der Waals surface area (Å²) in [5.74, 6) is -8.32. The summed E-state index contributed by atoms with van der Waals surface area (Å²) in [5.41, 5.74) is 5.25. The molecule has 0 aromatic heterocycles. The number of carboxylic acid groups (broad SMARTS) is 4. The Bertz CT molecular complexity index is 1990. The van der Waals surface area contributed by atoms with E-state index in [1.54, 1.807) is 0 Å². The van der Waals surface area contributed by atoms with E-state index in [1.807, 2.05) is 0 Å². The van der Waals surface area contributed by atoms with Gasteiger partial charge >= 0.3 is 23.9 Å². The van der Waals surface area contributed by atoms with Gasteiger partial charge < -0.3 is 71.7 Å². The van der Waals surface area contributed by atoms with Crippen molar-refractivity contribution in [2.45, 2.75) is 171 Å². The van der Waals surface area contributed by atoms with Gasteiger partial charge in [-0.2, -0.15) is 0 Å². The first kappa shape index (κ1) is 75.5. The van der Waals surface area contributed by atoms with Gasteiger partial charge in [0, 0.05) is 56.7 Å². The van der Waals surface area contributed by atoms with Crippen molar-refractivity contribution in [1.82, 2.24) is 37.2 Å². The molecule has 1 fully saturated rings. The van der Waals surface area contributed by atoms with Crippen LogP contribution in [0.15, 0.2) is 0 Å². The Kier molecular flexibility index (Phi) is 44.4. The van der Waals surface area contributed by atoms with Crippen LogP contribution in [0.3, 0.4) is 0 Å². The van der Waals surface area contributed by atoms with E-state index in [4.69, 9.17) is 29.8 Å². The minimum absolute atomic E-state index is 0.00493. The highest BCUT2D eigenvalue weighted by Gasteiger charge is 2.28. The van der Waals surface area contributed by atoms with Crippen molar-refractivity contribution in [2.75, 3.05) is 90.5 Å². The summed E-state index contributed by atoms with van der Waals surface area (Å²) >= 11 is 0. The number of nitrogens with one attached hydrogen (secondary N) is 7. The fourth-order valence-corrected chi connectivity index (χ4v) is 10.4. The van der Waals surface area contributed by atoms with Crippen molar-refractivity contribution in [2.24, 2.45) is 5.73 Å². The molecule has 1 heterocycles. The summed E-state index contributed by atoms with van der Waals surface area (Å²) in [7, 11) is 2.57. The quantitative estimate of drug-likeness (QED) is 0.0293. The topological polar surface area (TPSA) is 433 Å². The monoisotopic (exact) mass is 1220 g/mol. The van der Waals surface area contributed by atoms with Crippen LogP contribution in [0.1, 0.15) is 141 Å². The number of carboxylic acids is 4. The van der Waals surface area contributed by atoms with Gasteiger partial charge in [-0.05, 0) is 32.1 Å². The van der Waals surface area contributed by atoms with Gasteiger partial charge in [-0.3, -0.25) is 58.6 Å². The molecule has 0 aromatic carbocycles. The molecule has 474 valence electrons. The van der Waals surface area contributed by atoms with Crippen molar-refractivity contribution in [1.29, 1.82) is 0 Å². The van der Waals surface area contributed by atoms with Crippen LogP contribution in [0, 0.1) is 0 Å². The lowest BCUT2D eigenvalue weighted by Gasteiger charge is -2.20. The minimum Gasteiger partial charge on any atom is -0.481 e. The SMILES string of the molecule is NC(=O)CC[C@H](NC(=O)COCCOCCNC(=O)COCCOCCNC(=O)CC[C@H](NC(=O)CC[C@H](NC(=O)CCCCCCCCCCCCCCCCC(=O)O)C(=O)O)C(=O)O)C(=O)CN[C@H]1CSSC[C@@H](C(=O)O)NCC1=O.